The van der Waals surface area contributed by atoms with Crippen molar-refractivity contribution in [3.63, 3.8) is 0 Å². The lowest BCUT2D eigenvalue weighted by Gasteiger charge is -2.34. The molecule has 2 aromatic rings. The van der Waals surface area contributed by atoms with Gasteiger partial charge in [0.2, 0.25) is 0 Å². The smallest absolute Gasteiger partial charge is 0.193 e. The van der Waals surface area contributed by atoms with Gasteiger partial charge in [-0.05, 0) is 38.3 Å². The van der Waals surface area contributed by atoms with Gasteiger partial charge in [-0.15, -0.1) is 11.3 Å². The first-order chi connectivity index (χ1) is 12.3. The lowest BCUT2D eigenvalue weighted by molar-refractivity contribution is 0.0264. The van der Waals surface area contributed by atoms with Gasteiger partial charge in [-0.1, -0.05) is 12.1 Å². The van der Waals surface area contributed by atoms with Crippen LogP contribution in [0.3, 0.4) is 0 Å². The Kier molecular flexibility index (Phi) is 6.64. The molecule has 1 aliphatic heterocycles. The van der Waals surface area contributed by atoms with Crippen molar-refractivity contribution in [3.8, 4) is 0 Å². The molecule has 1 fully saturated rings. The molecule has 1 aliphatic rings. The largest absolute Gasteiger partial charge is 0.378 e. The molecule has 0 amide bonds. The topological polar surface area (TPSA) is 49.8 Å². The van der Waals surface area contributed by atoms with Gasteiger partial charge < -0.3 is 15.0 Å². The second-order valence-corrected chi connectivity index (χ2v) is 7.41. The molecule has 1 N–H and O–H groups in total. The van der Waals surface area contributed by atoms with Gasteiger partial charge in [-0.25, -0.2) is 4.98 Å². The molecule has 136 valence electrons. The van der Waals surface area contributed by atoms with Gasteiger partial charge in [0.1, 0.15) is 0 Å². The number of aryl methyl sites for hydroxylation is 1. The first kappa shape index (κ1) is 18.1. The van der Waals surface area contributed by atoms with Gasteiger partial charge in [0.25, 0.3) is 0 Å². The fourth-order valence-corrected chi connectivity index (χ4v) is 4.28. The average Bonchev–Trinajstić information content (AvgIpc) is 3.06. The number of para-hydroxylation sites is 1. The molecule has 6 heteroatoms. The zero-order chi connectivity index (χ0) is 17.5. The third-order valence-electron chi connectivity index (χ3n) is 4.54. The molecule has 0 unspecified atom stereocenters. The minimum Gasteiger partial charge on any atom is -0.378 e. The summed E-state index contributed by atoms with van der Waals surface area (Å²) in [5.41, 5.74) is 1.11. The van der Waals surface area contributed by atoms with Gasteiger partial charge in [-0.2, -0.15) is 0 Å². The lowest BCUT2D eigenvalue weighted by atomic mass is 10.1. The highest BCUT2D eigenvalue weighted by Crippen LogP contribution is 2.22. The predicted octanol–water partition coefficient (Wildman–Crippen LogP) is 3.31. The summed E-state index contributed by atoms with van der Waals surface area (Å²) in [5, 5.41) is 4.72. The molecule has 25 heavy (non-hydrogen) atoms. The molecule has 0 aliphatic carbocycles. The number of aromatic nitrogens is 1. The van der Waals surface area contributed by atoms with Crippen molar-refractivity contribution in [2.75, 3.05) is 33.3 Å². The van der Waals surface area contributed by atoms with Crippen molar-refractivity contribution < 1.29 is 4.74 Å². The Bertz CT molecular complexity index is 659. The molecular weight excluding hydrogens is 332 g/mol. The van der Waals surface area contributed by atoms with E-state index in [2.05, 4.69) is 40.3 Å². The molecule has 3 rings (SSSR count). The number of likely N-dealkylation sites (tertiary alicyclic amines) is 1. The first-order valence-electron chi connectivity index (χ1n) is 9.21. The second kappa shape index (κ2) is 9.15. The zero-order valence-corrected chi connectivity index (χ0v) is 16.0. The molecule has 1 saturated heterocycles. The van der Waals surface area contributed by atoms with Crippen molar-refractivity contribution in [2.24, 2.45) is 4.99 Å². The van der Waals surface area contributed by atoms with Crippen molar-refractivity contribution in [2.45, 2.75) is 38.7 Å². The highest BCUT2D eigenvalue weighted by molar-refractivity contribution is 7.18. The number of benzene rings is 1. The van der Waals surface area contributed by atoms with E-state index in [1.165, 1.54) is 9.71 Å². The van der Waals surface area contributed by atoms with Crippen LogP contribution in [-0.2, 0) is 11.2 Å². The van der Waals surface area contributed by atoms with Gasteiger partial charge in [-0.3, -0.25) is 4.99 Å². The number of ether oxygens (including phenoxy) is 1. The van der Waals surface area contributed by atoms with E-state index in [4.69, 9.17) is 9.72 Å². The third kappa shape index (κ3) is 4.92. The van der Waals surface area contributed by atoms with Crippen LogP contribution in [0.5, 0.6) is 0 Å². The number of guanidine groups is 1. The third-order valence-corrected chi connectivity index (χ3v) is 5.64. The van der Waals surface area contributed by atoms with E-state index in [1.54, 1.807) is 11.3 Å². The number of nitrogens with one attached hydrogen (secondary N) is 1. The minimum absolute atomic E-state index is 0.415. The van der Waals surface area contributed by atoms with Crippen LogP contribution < -0.4 is 5.32 Å². The number of fused-ring (bicyclic) bond motifs is 1. The van der Waals surface area contributed by atoms with E-state index >= 15 is 0 Å². The van der Waals surface area contributed by atoms with E-state index in [9.17, 15) is 0 Å². The predicted molar refractivity (Wildman–Crippen MR) is 106 cm³/mol. The fraction of sp³-hybridized carbons (Fsp3) is 0.579. The summed E-state index contributed by atoms with van der Waals surface area (Å²) in [6.45, 7) is 5.83. The number of hydrogen-bond donors (Lipinski definition) is 1. The summed E-state index contributed by atoms with van der Waals surface area (Å²) in [5.74, 6) is 1.01. The zero-order valence-electron chi connectivity index (χ0n) is 15.2. The maximum Gasteiger partial charge on any atom is 0.193 e. The standard InChI is InChI=1S/C19H28N4OS/c1-3-24-15-10-13-23(14-11-15)19(20-2)21-12-6-9-18-22-16-7-4-5-8-17(16)25-18/h4-5,7-8,15H,3,6,9-14H2,1-2H3,(H,20,21). The van der Waals surface area contributed by atoms with Crippen LogP contribution >= 0.6 is 11.3 Å². The monoisotopic (exact) mass is 360 g/mol. The Hall–Kier alpha value is -1.66. The Labute approximate surface area is 154 Å². The van der Waals surface area contributed by atoms with Crippen LogP contribution in [0.25, 0.3) is 10.2 Å². The normalized spacial score (nSPS) is 16.6. The minimum atomic E-state index is 0.415. The van der Waals surface area contributed by atoms with Crippen molar-refractivity contribution in [3.05, 3.63) is 29.3 Å². The van der Waals surface area contributed by atoms with Gasteiger partial charge in [0.05, 0.1) is 21.3 Å². The molecule has 5 nitrogen and oxygen atoms in total. The van der Waals surface area contributed by atoms with Crippen molar-refractivity contribution >= 4 is 27.5 Å². The molecule has 0 bridgehead atoms. The average molecular weight is 361 g/mol. The summed E-state index contributed by atoms with van der Waals surface area (Å²) >= 11 is 1.80. The van der Waals surface area contributed by atoms with Crippen LogP contribution in [0.1, 0.15) is 31.2 Å². The first-order valence-corrected chi connectivity index (χ1v) is 10.0. The van der Waals surface area contributed by atoms with Crippen molar-refractivity contribution in [1.82, 2.24) is 15.2 Å². The number of nitrogens with zero attached hydrogens (tertiary/aromatic N) is 3. The molecule has 2 heterocycles. The van der Waals surface area contributed by atoms with Gasteiger partial charge in [0.15, 0.2) is 5.96 Å². The number of piperidine rings is 1. The lowest BCUT2D eigenvalue weighted by Crippen LogP contribution is -2.47. The van der Waals surface area contributed by atoms with Crippen LogP contribution in [-0.4, -0.2) is 55.2 Å². The number of hydrogen-bond acceptors (Lipinski definition) is 4. The van der Waals surface area contributed by atoms with E-state index in [1.807, 2.05) is 13.1 Å². The summed E-state index contributed by atoms with van der Waals surface area (Å²) in [4.78, 5) is 11.5. The maximum absolute atomic E-state index is 5.72. The molecule has 0 atom stereocenters. The number of thiazole rings is 1. The maximum atomic E-state index is 5.72. The van der Waals surface area contributed by atoms with Crippen LogP contribution in [0.4, 0.5) is 0 Å². The van der Waals surface area contributed by atoms with Crippen molar-refractivity contribution in [1.29, 1.82) is 0 Å². The summed E-state index contributed by atoms with van der Waals surface area (Å²) < 4.78 is 7.00. The summed E-state index contributed by atoms with van der Waals surface area (Å²) in [6.07, 6.45) is 4.66. The summed E-state index contributed by atoms with van der Waals surface area (Å²) in [6, 6.07) is 8.35. The van der Waals surface area contributed by atoms with Gasteiger partial charge in [0, 0.05) is 39.7 Å². The Morgan fingerprint density at radius 2 is 2.16 bits per heavy atom. The van der Waals surface area contributed by atoms with Crippen LogP contribution in [0.15, 0.2) is 29.3 Å². The number of rotatable bonds is 6. The molecular formula is C19H28N4OS. The number of aliphatic imine (C=N–C) groups is 1. The van der Waals surface area contributed by atoms with Crippen LogP contribution in [0.2, 0.25) is 0 Å². The van der Waals surface area contributed by atoms with Crippen LogP contribution in [0, 0.1) is 0 Å². The summed E-state index contributed by atoms with van der Waals surface area (Å²) in [7, 11) is 1.87. The fourth-order valence-electron chi connectivity index (χ4n) is 3.27. The van der Waals surface area contributed by atoms with E-state index in [-0.39, 0.29) is 0 Å². The Morgan fingerprint density at radius 3 is 2.88 bits per heavy atom. The Morgan fingerprint density at radius 1 is 1.36 bits per heavy atom. The van der Waals surface area contributed by atoms with E-state index in [0.717, 1.165) is 63.4 Å². The van der Waals surface area contributed by atoms with Gasteiger partial charge >= 0.3 is 0 Å². The Balaban J connectivity index is 1.41. The molecule has 0 spiro atoms. The highest BCUT2D eigenvalue weighted by atomic mass is 32.1. The quantitative estimate of drug-likeness (QED) is 0.488. The second-order valence-electron chi connectivity index (χ2n) is 6.29. The van der Waals surface area contributed by atoms with E-state index < -0.39 is 0 Å². The highest BCUT2D eigenvalue weighted by Gasteiger charge is 2.21. The SMILES string of the molecule is CCOC1CCN(C(=NC)NCCCc2nc3ccccc3s2)CC1. The molecule has 1 aromatic carbocycles. The molecule has 1 aromatic heterocycles. The molecule has 0 radical (unpaired) electrons. The van der Waals surface area contributed by atoms with E-state index in [0.29, 0.717) is 6.10 Å². The molecule has 0 saturated carbocycles.